The minimum absolute atomic E-state index is 0.0552. The number of benzene rings is 2. The van der Waals surface area contributed by atoms with Gasteiger partial charge in [0.2, 0.25) is 0 Å². The molecule has 3 heterocycles. The molecule has 0 atom stereocenters. The molecule has 0 unspecified atom stereocenters. The van der Waals surface area contributed by atoms with Gasteiger partial charge in [0.05, 0.1) is 0 Å². The van der Waals surface area contributed by atoms with Gasteiger partial charge in [0, 0.05) is 41.1 Å². The molecule has 1 amide bonds. The minimum Gasteiger partial charge on any atom is -0.361 e. The zero-order valence-electron chi connectivity index (χ0n) is 17.3. The Labute approximate surface area is 180 Å². The molecule has 1 N–H and O–H groups in total. The molecule has 1 fully saturated rings. The van der Waals surface area contributed by atoms with Crippen LogP contribution in [0.5, 0.6) is 0 Å². The van der Waals surface area contributed by atoms with E-state index in [4.69, 9.17) is 0 Å². The molecule has 4 nitrogen and oxygen atoms in total. The first-order valence-electron chi connectivity index (χ1n) is 10.5. The molecule has 0 aliphatic carbocycles. The van der Waals surface area contributed by atoms with Crippen LogP contribution >= 0.6 is 11.3 Å². The molecule has 0 saturated carbocycles. The van der Waals surface area contributed by atoms with Crippen LogP contribution in [0.2, 0.25) is 0 Å². The molecule has 152 valence electrons. The second kappa shape index (κ2) is 7.73. The van der Waals surface area contributed by atoms with E-state index in [0.717, 1.165) is 36.5 Å². The summed E-state index contributed by atoms with van der Waals surface area (Å²) in [6.07, 6.45) is 4.12. The number of H-pyrrole nitrogens is 1. The lowest BCUT2D eigenvalue weighted by molar-refractivity contribution is 0.0708. The van der Waals surface area contributed by atoms with Crippen molar-refractivity contribution in [2.75, 3.05) is 13.1 Å². The van der Waals surface area contributed by atoms with Gasteiger partial charge < -0.3 is 9.88 Å². The Bertz CT molecular complexity index is 1210. The van der Waals surface area contributed by atoms with Gasteiger partial charge in [-0.15, -0.1) is 11.3 Å². The number of para-hydroxylation sites is 1. The number of hydrogen-bond acceptors (Lipinski definition) is 3. The number of aromatic nitrogens is 2. The first-order chi connectivity index (χ1) is 14.6. The van der Waals surface area contributed by atoms with Gasteiger partial charge in [-0.25, -0.2) is 4.98 Å². The number of carbonyl (C=O) groups excluding carboxylic acids is 1. The SMILES string of the molecule is Cc1ccc(-c2nc(C(=O)N3CCC(c4c[nH]c5ccccc45)CC3)cs2)c(C)c1. The first kappa shape index (κ1) is 19.1. The van der Waals surface area contributed by atoms with Crippen molar-refractivity contribution >= 4 is 28.1 Å². The lowest BCUT2D eigenvalue weighted by atomic mass is 9.89. The number of likely N-dealkylation sites (tertiary alicyclic amines) is 1. The number of thiazole rings is 1. The van der Waals surface area contributed by atoms with Crippen LogP contribution in [0.4, 0.5) is 0 Å². The summed E-state index contributed by atoms with van der Waals surface area (Å²) in [7, 11) is 0. The Morgan fingerprint density at radius 2 is 1.93 bits per heavy atom. The molecule has 5 rings (SSSR count). The second-order valence-corrected chi connectivity index (χ2v) is 9.07. The lowest BCUT2D eigenvalue weighted by Crippen LogP contribution is -2.38. The number of piperidine rings is 1. The average molecular weight is 416 g/mol. The van der Waals surface area contributed by atoms with E-state index in [1.54, 1.807) is 11.3 Å². The smallest absolute Gasteiger partial charge is 0.273 e. The maximum Gasteiger partial charge on any atom is 0.273 e. The molecule has 1 saturated heterocycles. The van der Waals surface area contributed by atoms with Gasteiger partial charge in [0.25, 0.3) is 5.91 Å². The van der Waals surface area contributed by atoms with Crippen molar-refractivity contribution in [3.05, 3.63) is 76.4 Å². The van der Waals surface area contributed by atoms with Crippen molar-refractivity contribution in [1.29, 1.82) is 0 Å². The quantitative estimate of drug-likeness (QED) is 0.451. The lowest BCUT2D eigenvalue weighted by Gasteiger charge is -2.31. The largest absolute Gasteiger partial charge is 0.361 e. The Kier molecular flexibility index (Phi) is 4.91. The molecular weight excluding hydrogens is 390 g/mol. The third-order valence-corrected chi connectivity index (χ3v) is 7.05. The summed E-state index contributed by atoms with van der Waals surface area (Å²) in [6.45, 7) is 5.74. The summed E-state index contributed by atoms with van der Waals surface area (Å²) in [4.78, 5) is 23.1. The molecule has 2 aromatic heterocycles. The van der Waals surface area contributed by atoms with Gasteiger partial charge >= 0.3 is 0 Å². The summed E-state index contributed by atoms with van der Waals surface area (Å²) in [5.41, 5.74) is 6.68. The standard InChI is InChI=1S/C25H25N3OS/c1-16-7-8-19(17(2)13-16)24-27-23(15-30-24)25(29)28-11-9-18(10-12-28)21-14-26-22-6-4-3-5-20(21)22/h3-8,13-15,18,26H,9-12H2,1-2H3. The number of hydrogen-bond donors (Lipinski definition) is 1. The van der Waals surface area contributed by atoms with Crippen LogP contribution in [0, 0.1) is 13.8 Å². The van der Waals surface area contributed by atoms with Gasteiger partial charge in [-0.1, -0.05) is 42.0 Å². The Balaban J connectivity index is 1.29. The van der Waals surface area contributed by atoms with Crippen LogP contribution in [-0.4, -0.2) is 33.9 Å². The molecule has 2 aromatic carbocycles. The van der Waals surface area contributed by atoms with Crippen LogP contribution < -0.4 is 0 Å². The van der Waals surface area contributed by atoms with Gasteiger partial charge in [-0.3, -0.25) is 4.79 Å². The highest BCUT2D eigenvalue weighted by atomic mass is 32.1. The summed E-state index contributed by atoms with van der Waals surface area (Å²) in [6, 6.07) is 14.8. The summed E-state index contributed by atoms with van der Waals surface area (Å²) in [5.74, 6) is 0.547. The molecule has 0 bridgehead atoms. The number of aromatic amines is 1. The van der Waals surface area contributed by atoms with E-state index in [-0.39, 0.29) is 5.91 Å². The van der Waals surface area contributed by atoms with Crippen molar-refractivity contribution in [3.63, 3.8) is 0 Å². The average Bonchev–Trinajstić information content (AvgIpc) is 3.41. The molecule has 5 heteroatoms. The number of rotatable bonds is 3. The predicted molar refractivity (Wildman–Crippen MR) is 123 cm³/mol. The highest BCUT2D eigenvalue weighted by molar-refractivity contribution is 7.13. The van der Waals surface area contributed by atoms with Crippen LogP contribution in [0.25, 0.3) is 21.5 Å². The first-order valence-corrected chi connectivity index (χ1v) is 11.4. The summed E-state index contributed by atoms with van der Waals surface area (Å²) < 4.78 is 0. The molecule has 0 radical (unpaired) electrons. The van der Waals surface area contributed by atoms with Crippen LogP contribution in [0.1, 0.15) is 45.9 Å². The van der Waals surface area contributed by atoms with Gasteiger partial charge in [0.1, 0.15) is 10.7 Å². The molecule has 1 aliphatic heterocycles. The fraction of sp³-hybridized carbons (Fsp3) is 0.280. The van der Waals surface area contributed by atoms with E-state index in [9.17, 15) is 4.79 Å². The van der Waals surface area contributed by atoms with E-state index in [1.807, 2.05) is 10.3 Å². The maximum atomic E-state index is 13.1. The van der Waals surface area contributed by atoms with Crippen molar-refractivity contribution in [2.24, 2.45) is 0 Å². The molecule has 1 aliphatic rings. The number of nitrogens with one attached hydrogen (secondary N) is 1. The summed E-state index contributed by atoms with van der Waals surface area (Å²) >= 11 is 1.55. The third-order valence-electron chi connectivity index (χ3n) is 6.18. The zero-order chi connectivity index (χ0) is 20.7. The molecule has 30 heavy (non-hydrogen) atoms. The predicted octanol–water partition coefficient (Wildman–Crippen LogP) is 5.93. The van der Waals surface area contributed by atoms with Crippen LogP contribution in [0.15, 0.2) is 54.0 Å². The van der Waals surface area contributed by atoms with Crippen LogP contribution in [0.3, 0.4) is 0 Å². The highest BCUT2D eigenvalue weighted by Gasteiger charge is 2.27. The van der Waals surface area contributed by atoms with Gasteiger partial charge in [-0.05, 0) is 49.8 Å². The Morgan fingerprint density at radius 3 is 2.73 bits per heavy atom. The second-order valence-electron chi connectivity index (χ2n) is 8.21. The normalized spacial score (nSPS) is 15.1. The minimum atomic E-state index is 0.0552. The topological polar surface area (TPSA) is 49.0 Å². The van der Waals surface area contributed by atoms with E-state index < -0.39 is 0 Å². The molecular formula is C25H25N3OS. The zero-order valence-corrected chi connectivity index (χ0v) is 18.1. The van der Waals surface area contributed by atoms with E-state index in [1.165, 1.54) is 27.6 Å². The van der Waals surface area contributed by atoms with E-state index >= 15 is 0 Å². The third kappa shape index (κ3) is 3.43. The van der Waals surface area contributed by atoms with E-state index in [2.05, 4.69) is 72.5 Å². The maximum absolute atomic E-state index is 13.1. The van der Waals surface area contributed by atoms with Crippen molar-refractivity contribution in [1.82, 2.24) is 14.9 Å². The van der Waals surface area contributed by atoms with Crippen molar-refractivity contribution in [3.8, 4) is 10.6 Å². The van der Waals surface area contributed by atoms with Crippen molar-refractivity contribution in [2.45, 2.75) is 32.6 Å². The fourth-order valence-electron chi connectivity index (χ4n) is 4.54. The van der Waals surface area contributed by atoms with Crippen LogP contribution in [-0.2, 0) is 0 Å². The summed E-state index contributed by atoms with van der Waals surface area (Å²) in [5, 5.41) is 4.13. The van der Waals surface area contributed by atoms with Crippen molar-refractivity contribution < 1.29 is 4.79 Å². The Hall–Kier alpha value is -2.92. The van der Waals surface area contributed by atoms with Gasteiger partial charge in [-0.2, -0.15) is 0 Å². The monoisotopic (exact) mass is 415 g/mol. The molecule has 4 aromatic rings. The number of fused-ring (bicyclic) bond motifs is 1. The van der Waals surface area contributed by atoms with Gasteiger partial charge in [0.15, 0.2) is 0 Å². The number of aryl methyl sites for hydroxylation is 2. The number of amides is 1. The van der Waals surface area contributed by atoms with E-state index in [0.29, 0.717) is 11.6 Å². The number of nitrogens with zero attached hydrogens (tertiary/aromatic N) is 2. The fourth-order valence-corrected chi connectivity index (χ4v) is 5.42. The highest BCUT2D eigenvalue weighted by Crippen LogP contribution is 2.34. The molecule has 0 spiro atoms. The Morgan fingerprint density at radius 1 is 1.13 bits per heavy atom. The number of carbonyl (C=O) groups is 1.